The Balaban J connectivity index is 1.59. The number of benzene rings is 2. The van der Waals surface area contributed by atoms with Crippen LogP contribution in [-0.4, -0.2) is 46.8 Å². The molecule has 0 N–H and O–H groups in total. The molecule has 0 bridgehead atoms. The number of carbonyl (C=O) groups is 1. The predicted molar refractivity (Wildman–Crippen MR) is 147 cm³/mol. The largest absolute Gasteiger partial charge is 0.453 e. The van der Waals surface area contributed by atoms with Gasteiger partial charge in [0.05, 0.1) is 45.1 Å². The molecule has 0 fully saturated rings. The standard InChI is InChI=1S/C28H28FN3O6S/c1-28(2,3)38-27(33)31(13-14-36-4)17-19-8-6-9-22(30-19)25-15-18-7-5-10-24(26(18)39-25)37-23-12-11-20(32(34)35)16-21(23)29/h5-12,15-16H,13-14,17H2,1-4H3. The first-order valence-corrected chi connectivity index (χ1v) is 12.9. The minimum atomic E-state index is -0.824. The Labute approximate surface area is 228 Å². The molecule has 2 heterocycles. The van der Waals surface area contributed by atoms with E-state index in [-0.39, 0.29) is 18.0 Å². The molecule has 0 spiro atoms. The number of carbonyl (C=O) groups excluding carboxylic acids is 1. The van der Waals surface area contributed by atoms with Crippen molar-refractivity contribution >= 4 is 33.2 Å². The van der Waals surface area contributed by atoms with E-state index in [1.54, 1.807) is 24.1 Å². The third-order valence-corrected chi connectivity index (χ3v) is 6.67. The molecule has 4 aromatic rings. The molecule has 0 radical (unpaired) electrons. The number of halogens is 1. The number of ether oxygens (including phenoxy) is 3. The van der Waals surface area contributed by atoms with Crippen molar-refractivity contribution < 1.29 is 28.3 Å². The van der Waals surface area contributed by atoms with Crippen LogP contribution >= 0.6 is 11.3 Å². The number of thiophene rings is 1. The van der Waals surface area contributed by atoms with Gasteiger partial charge in [-0.25, -0.2) is 9.18 Å². The molecule has 0 unspecified atom stereocenters. The van der Waals surface area contributed by atoms with Crippen molar-refractivity contribution in [1.29, 1.82) is 0 Å². The molecular weight excluding hydrogens is 525 g/mol. The van der Waals surface area contributed by atoms with Gasteiger partial charge < -0.3 is 14.2 Å². The molecule has 0 atom stereocenters. The van der Waals surface area contributed by atoms with Crippen molar-refractivity contribution in [2.75, 3.05) is 20.3 Å². The third kappa shape index (κ3) is 7.06. The molecule has 9 nitrogen and oxygen atoms in total. The molecule has 4 rings (SSSR count). The molecule has 0 saturated carbocycles. The minimum Gasteiger partial charge on any atom is -0.453 e. The van der Waals surface area contributed by atoms with Crippen molar-refractivity contribution in [1.82, 2.24) is 9.88 Å². The third-order valence-electron chi connectivity index (χ3n) is 5.48. The summed E-state index contributed by atoms with van der Waals surface area (Å²) in [5.74, 6) is -0.514. The first-order valence-electron chi connectivity index (χ1n) is 12.1. The minimum absolute atomic E-state index is 0.110. The monoisotopic (exact) mass is 553 g/mol. The first kappa shape index (κ1) is 27.9. The Bertz CT molecular complexity index is 1500. The van der Waals surface area contributed by atoms with Gasteiger partial charge in [-0.2, -0.15) is 0 Å². The fraction of sp³-hybridized carbons (Fsp3) is 0.286. The second-order valence-electron chi connectivity index (χ2n) is 9.67. The van der Waals surface area contributed by atoms with Crippen LogP contribution in [0.1, 0.15) is 26.5 Å². The second-order valence-corrected chi connectivity index (χ2v) is 10.7. The lowest BCUT2D eigenvalue weighted by molar-refractivity contribution is -0.385. The summed E-state index contributed by atoms with van der Waals surface area (Å²) in [6.45, 7) is 6.38. The molecule has 39 heavy (non-hydrogen) atoms. The summed E-state index contributed by atoms with van der Waals surface area (Å²) in [5.41, 5.74) is 0.398. The van der Waals surface area contributed by atoms with Gasteiger partial charge in [0.25, 0.3) is 5.69 Å². The number of amides is 1. The zero-order chi connectivity index (χ0) is 28.2. The van der Waals surface area contributed by atoms with Crippen LogP contribution in [-0.2, 0) is 16.0 Å². The maximum absolute atomic E-state index is 14.5. The van der Waals surface area contributed by atoms with Crippen molar-refractivity contribution in [3.8, 4) is 22.1 Å². The van der Waals surface area contributed by atoms with Crippen LogP contribution in [0.3, 0.4) is 0 Å². The van der Waals surface area contributed by atoms with Gasteiger partial charge in [-0.05, 0) is 56.5 Å². The Morgan fingerprint density at radius 1 is 1.10 bits per heavy atom. The molecule has 0 aliphatic heterocycles. The topological polar surface area (TPSA) is 104 Å². The van der Waals surface area contributed by atoms with Crippen LogP contribution in [0.15, 0.2) is 60.7 Å². The summed E-state index contributed by atoms with van der Waals surface area (Å²) < 4.78 is 31.7. The molecule has 1 amide bonds. The van der Waals surface area contributed by atoms with Gasteiger partial charge in [-0.3, -0.25) is 20.0 Å². The predicted octanol–water partition coefficient (Wildman–Crippen LogP) is 7.19. The Morgan fingerprint density at radius 2 is 1.87 bits per heavy atom. The average molecular weight is 554 g/mol. The maximum atomic E-state index is 14.5. The fourth-order valence-electron chi connectivity index (χ4n) is 3.71. The molecule has 2 aromatic carbocycles. The highest BCUT2D eigenvalue weighted by molar-refractivity contribution is 7.22. The highest BCUT2D eigenvalue weighted by atomic mass is 32.1. The second kappa shape index (κ2) is 11.7. The Hall–Kier alpha value is -4.09. The van der Waals surface area contributed by atoms with E-state index in [9.17, 15) is 19.3 Å². The summed E-state index contributed by atoms with van der Waals surface area (Å²) >= 11 is 1.42. The van der Waals surface area contributed by atoms with Crippen LogP contribution in [0.5, 0.6) is 11.5 Å². The number of hydrogen-bond acceptors (Lipinski definition) is 8. The number of aromatic nitrogens is 1. The van der Waals surface area contributed by atoms with E-state index in [0.29, 0.717) is 30.3 Å². The SMILES string of the molecule is COCCN(Cc1cccc(-c2cc3cccc(Oc4ccc([N+](=O)[O-])cc4F)c3s2)n1)C(=O)OC(C)(C)C. The zero-order valence-electron chi connectivity index (χ0n) is 22.0. The van der Waals surface area contributed by atoms with E-state index < -0.39 is 22.4 Å². The van der Waals surface area contributed by atoms with Gasteiger partial charge in [-0.15, -0.1) is 11.3 Å². The fourth-order valence-corrected chi connectivity index (χ4v) is 4.79. The number of nitrogens with zero attached hydrogens (tertiary/aromatic N) is 3. The van der Waals surface area contributed by atoms with Gasteiger partial charge in [0.1, 0.15) is 11.4 Å². The zero-order valence-corrected chi connectivity index (χ0v) is 22.8. The molecular formula is C28H28FN3O6S. The van der Waals surface area contributed by atoms with Crippen LogP contribution in [0.4, 0.5) is 14.9 Å². The number of pyridine rings is 1. The van der Waals surface area contributed by atoms with Crippen molar-refractivity contribution in [2.24, 2.45) is 0 Å². The van der Waals surface area contributed by atoms with Crippen molar-refractivity contribution in [3.05, 3.63) is 82.3 Å². The Kier molecular flexibility index (Phi) is 8.41. The van der Waals surface area contributed by atoms with Gasteiger partial charge >= 0.3 is 6.09 Å². The number of nitro groups is 1. The average Bonchev–Trinajstić information content (AvgIpc) is 3.32. The Morgan fingerprint density at radius 3 is 2.56 bits per heavy atom. The first-order chi connectivity index (χ1) is 18.5. The molecule has 0 saturated heterocycles. The van der Waals surface area contributed by atoms with Gasteiger partial charge in [0.2, 0.25) is 0 Å². The summed E-state index contributed by atoms with van der Waals surface area (Å²) in [5, 5.41) is 11.8. The summed E-state index contributed by atoms with van der Waals surface area (Å²) in [6, 6.07) is 16.2. The van der Waals surface area contributed by atoms with E-state index in [4.69, 9.17) is 19.2 Å². The number of methoxy groups -OCH3 is 1. The number of rotatable bonds is 9. The van der Waals surface area contributed by atoms with E-state index >= 15 is 0 Å². The van der Waals surface area contributed by atoms with Gasteiger partial charge in [-0.1, -0.05) is 18.2 Å². The van der Waals surface area contributed by atoms with Crippen LogP contribution in [0.25, 0.3) is 20.7 Å². The molecule has 204 valence electrons. The lowest BCUT2D eigenvalue weighted by atomic mass is 10.2. The lowest BCUT2D eigenvalue weighted by Crippen LogP contribution is -2.38. The smallest absolute Gasteiger partial charge is 0.410 e. The highest BCUT2D eigenvalue weighted by Gasteiger charge is 2.23. The van der Waals surface area contributed by atoms with E-state index in [1.165, 1.54) is 23.5 Å². The number of fused-ring (bicyclic) bond motifs is 1. The van der Waals surface area contributed by atoms with Gasteiger partial charge in [0.15, 0.2) is 11.6 Å². The number of nitro benzene ring substituents is 1. The maximum Gasteiger partial charge on any atom is 0.410 e. The van der Waals surface area contributed by atoms with Gasteiger partial charge in [0, 0.05) is 19.7 Å². The van der Waals surface area contributed by atoms with Crippen molar-refractivity contribution in [3.63, 3.8) is 0 Å². The lowest BCUT2D eigenvalue weighted by Gasteiger charge is -2.27. The highest BCUT2D eigenvalue weighted by Crippen LogP contribution is 2.40. The molecule has 11 heteroatoms. The van der Waals surface area contributed by atoms with Crippen LogP contribution < -0.4 is 4.74 Å². The summed E-state index contributed by atoms with van der Waals surface area (Å²) in [4.78, 5) is 30.2. The summed E-state index contributed by atoms with van der Waals surface area (Å²) in [7, 11) is 1.57. The summed E-state index contributed by atoms with van der Waals surface area (Å²) in [6.07, 6.45) is -0.450. The molecule has 0 aliphatic rings. The van der Waals surface area contributed by atoms with Crippen LogP contribution in [0.2, 0.25) is 0 Å². The van der Waals surface area contributed by atoms with E-state index in [2.05, 4.69) is 0 Å². The number of non-ortho nitro benzene ring substituents is 1. The molecule has 2 aromatic heterocycles. The molecule has 0 aliphatic carbocycles. The van der Waals surface area contributed by atoms with E-state index in [0.717, 1.165) is 21.0 Å². The van der Waals surface area contributed by atoms with Crippen molar-refractivity contribution in [2.45, 2.75) is 32.9 Å². The quantitative estimate of drug-likeness (QED) is 0.160. The normalized spacial score (nSPS) is 11.4. The van der Waals surface area contributed by atoms with E-state index in [1.807, 2.05) is 51.1 Å². The van der Waals surface area contributed by atoms with Crippen LogP contribution in [0, 0.1) is 15.9 Å². The number of hydrogen-bond donors (Lipinski definition) is 0.